The third kappa shape index (κ3) is 5.43. The molecule has 0 atom stereocenters. The molecule has 8 nitrogen and oxygen atoms in total. The highest BCUT2D eigenvalue weighted by Gasteiger charge is 2.29. The number of anilines is 1. The lowest BCUT2D eigenvalue weighted by atomic mass is 10.1. The first-order valence-electron chi connectivity index (χ1n) is 9.79. The van der Waals surface area contributed by atoms with Gasteiger partial charge in [0, 0.05) is 24.7 Å². The van der Waals surface area contributed by atoms with Gasteiger partial charge in [0.05, 0.1) is 29.5 Å². The summed E-state index contributed by atoms with van der Waals surface area (Å²) in [6.07, 6.45) is 0. The summed E-state index contributed by atoms with van der Waals surface area (Å²) in [6.45, 7) is 4.70. The van der Waals surface area contributed by atoms with Gasteiger partial charge in [0.1, 0.15) is 4.90 Å². The van der Waals surface area contributed by atoms with Gasteiger partial charge in [-0.25, -0.2) is 8.42 Å². The van der Waals surface area contributed by atoms with Crippen molar-refractivity contribution in [2.24, 2.45) is 0 Å². The molecule has 0 aliphatic carbocycles. The van der Waals surface area contributed by atoms with Crippen molar-refractivity contribution in [2.45, 2.75) is 24.8 Å². The Morgan fingerprint density at radius 3 is 2.42 bits per heavy atom. The molecule has 2 N–H and O–H groups in total. The molecule has 2 aromatic carbocycles. The van der Waals surface area contributed by atoms with Crippen LogP contribution in [0.2, 0.25) is 5.02 Å². The maximum Gasteiger partial charge on any atom is 0.255 e. The zero-order chi connectivity index (χ0) is 22.6. The van der Waals surface area contributed by atoms with Crippen molar-refractivity contribution >= 4 is 39.1 Å². The molecular weight excluding hydrogens is 442 g/mol. The van der Waals surface area contributed by atoms with Crippen molar-refractivity contribution in [3.63, 3.8) is 0 Å². The number of carbonyl (C=O) groups is 2. The van der Waals surface area contributed by atoms with Gasteiger partial charge >= 0.3 is 0 Å². The largest absolute Gasteiger partial charge is 0.379 e. The Bertz CT molecular complexity index is 1080. The molecule has 1 fully saturated rings. The molecule has 1 aliphatic rings. The number of halogens is 1. The summed E-state index contributed by atoms with van der Waals surface area (Å²) in [7, 11) is -3.88. The molecule has 0 saturated carbocycles. The number of sulfonamides is 1. The van der Waals surface area contributed by atoms with Gasteiger partial charge in [-0.15, -0.1) is 0 Å². The average Bonchev–Trinajstić information content (AvgIpc) is 2.74. The highest BCUT2D eigenvalue weighted by Crippen LogP contribution is 2.27. The molecule has 1 heterocycles. The summed E-state index contributed by atoms with van der Waals surface area (Å²) >= 11 is 6.16. The predicted molar refractivity (Wildman–Crippen MR) is 118 cm³/mol. The van der Waals surface area contributed by atoms with Crippen LogP contribution in [0, 0.1) is 0 Å². The maximum absolute atomic E-state index is 13.0. The molecule has 2 aromatic rings. The second-order valence-electron chi connectivity index (χ2n) is 7.29. The molecule has 1 aliphatic heterocycles. The minimum atomic E-state index is -3.88. The molecule has 1 saturated heterocycles. The standard InChI is InChI=1S/C21H24ClN3O5S/c1-14(2)23-21(27)16-5-3-4-6-18(16)24-20(26)15-7-8-17(22)19(13-15)31(28,29)25-9-11-30-12-10-25/h3-8,13-14H,9-12H2,1-2H3,(H,23,27)(H,24,26). The molecule has 31 heavy (non-hydrogen) atoms. The second kappa shape index (κ2) is 9.78. The first kappa shape index (κ1) is 23.2. The van der Waals surface area contributed by atoms with E-state index in [1.165, 1.54) is 22.5 Å². The lowest BCUT2D eigenvalue weighted by Crippen LogP contribution is -2.40. The van der Waals surface area contributed by atoms with E-state index in [2.05, 4.69) is 10.6 Å². The van der Waals surface area contributed by atoms with Crippen molar-refractivity contribution in [3.05, 3.63) is 58.6 Å². The van der Waals surface area contributed by atoms with Gasteiger partial charge in [0.2, 0.25) is 10.0 Å². The van der Waals surface area contributed by atoms with E-state index in [0.717, 1.165) is 0 Å². The minimum Gasteiger partial charge on any atom is -0.379 e. The van der Waals surface area contributed by atoms with Gasteiger partial charge < -0.3 is 15.4 Å². The summed E-state index contributed by atoms with van der Waals surface area (Å²) < 4.78 is 32.5. The number of rotatable bonds is 6. The Hall–Kier alpha value is -2.46. The quantitative estimate of drug-likeness (QED) is 0.682. The third-order valence-electron chi connectivity index (χ3n) is 4.62. The molecule has 0 bridgehead atoms. The predicted octanol–water partition coefficient (Wildman–Crippen LogP) is 2.75. The minimum absolute atomic E-state index is 0.0275. The van der Waals surface area contributed by atoms with Crippen LogP contribution in [-0.2, 0) is 14.8 Å². The van der Waals surface area contributed by atoms with Crippen molar-refractivity contribution in [1.29, 1.82) is 0 Å². The summed E-state index contributed by atoms with van der Waals surface area (Å²) in [5.41, 5.74) is 0.730. The molecule has 0 radical (unpaired) electrons. The fraction of sp³-hybridized carbons (Fsp3) is 0.333. The molecule has 2 amide bonds. The SMILES string of the molecule is CC(C)NC(=O)c1ccccc1NC(=O)c1ccc(Cl)c(S(=O)(=O)N2CCOCC2)c1. The number of hydrogen-bond donors (Lipinski definition) is 2. The van der Waals surface area contributed by atoms with Crippen LogP contribution < -0.4 is 10.6 Å². The van der Waals surface area contributed by atoms with Crippen LogP contribution in [0.4, 0.5) is 5.69 Å². The lowest BCUT2D eigenvalue weighted by molar-refractivity contribution is 0.0730. The van der Waals surface area contributed by atoms with E-state index in [1.807, 2.05) is 13.8 Å². The zero-order valence-electron chi connectivity index (χ0n) is 17.2. The van der Waals surface area contributed by atoms with Crippen molar-refractivity contribution < 1.29 is 22.7 Å². The number of ether oxygens (including phenoxy) is 1. The molecule has 0 aromatic heterocycles. The number of benzene rings is 2. The van der Waals surface area contributed by atoms with Crippen LogP contribution in [0.5, 0.6) is 0 Å². The van der Waals surface area contributed by atoms with E-state index in [4.69, 9.17) is 16.3 Å². The Morgan fingerprint density at radius 2 is 1.74 bits per heavy atom. The number of hydrogen-bond acceptors (Lipinski definition) is 5. The highest BCUT2D eigenvalue weighted by atomic mass is 35.5. The van der Waals surface area contributed by atoms with Gasteiger partial charge in [-0.1, -0.05) is 23.7 Å². The molecule has 166 valence electrons. The Labute approximate surface area is 186 Å². The smallest absolute Gasteiger partial charge is 0.255 e. The molecule has 10 heteroatoms. The van der Waals surface area contributed by atoms with Gasteiger partial charge in [-0.3, -0.25) is 9.59 Å². The third-order valence-corrected chi connectivity index (χ3v) is 7.00. The maximum atomic E-state index is 13.0. The first-order valence-corrected chi connectivity index (χ1v) is 11.6. The van der Waals surface area contributed by atoms with Crippen LogP contribution in [-0.4, -0.2) is 56.9 Å². The van der Waals surface area contributed by atoms with Crippen molar-refractivity contribution in [3.8, 4) is 0 Å². The fourth-order valence-electron chi connectivity index (χ4n) is 3.09. The number of para-hydroxylation sites is 1. The van der Waals surface area contributed by atoms with E-state index in [9.17, 15) is 18.0 Å². The number of nitrogens with one attached hydrogen (secondary N) is 2. The topological polar surface area (TPSA) is 105 Å². The Kier molecular flexibility index (Phi) is 7.32. The van der Waals surface area contributed by atoms with Crippen LogP contribution in [0.15, 0.2) is 47.4 Å². The number of carbonyl (C=O) groups excluding carboxylic acids is 2. The van der Waals surface area contributed by atoms with Gasteiger partial charge in [-0.2, -0.15) is 4.31 Å². The van der Waals surface area contributed by atoms with Crippen molar-refractivity contribution in [2.75, 3.05) is 31.6 Å². The summed E-state index contributed by atoms with van der Waals surface area (Å²) in [5, 5.41) is 5.50. The van der Waals surface area contributed by atoms with E-state index in [-0.39, 0.29) is 40.5 Å². The lowest BCUT2D eigenvalue weighted by Gasteiger charge is -2.26. The van der Waals surface area contributed by atoms with Crippen LogP contribution in [0.1, 0.15) is 34.6 Å². The number of morpholine rings is 1. The molecule has 0 unspecified atom stereocenters. The molecular formula is C21H24ClN3O5S. The van der Waals surface area contributed by atoms with E-state index >= 15 is 0 Å². The Balaban J connectivity index is 1.87. The second-order valence-corrected chi connectivity index (χ2v) is 9.60. The van der Waals surface area contributed by atoms with Crippen LogP contribution >= 0.6 is 11.6 Å². The van der Waals surface area contributed by atoms with Gasteiger partial charge in [-0.05, 0) is 44.2 Å². The van der Waals surface area contributed by atoms with Crippen LogP contribution in [0.3, 0.4) is 0 Å². The number of nitrogens with zero attached hydrogens (tertiary/aromatic N) is 1. The molecule has 0 spiro atoms. The Morgan fingerprint density at radius 1 is 1.06 bits per heavy atom. The molecule has 3 rings (SSSR count). The summed E-state index contributed by atoms with van der Waals surface area (Å²) in [6, 6.07) is 10.6. The van der Waals surface area contributed by atoms with E-state index in [1.54, 1.807) is 24.3 Å². The zero-order valence-corrected chi connectivity index (χ0v) is 18.8. The average molecular weight is 466 g/mol. The van der Waals surface area contributed by atoms with Crippen LogP contribution in [0.25, 0.3) is 0 Å². The van der Waals surface area contributed by atoms with E-state index in [0.29, 0.717) is 24.5 Å². The van der Waals surface area contributed by atoms with E-state index < -0.39 is 15.9 Å². The van der Waals surface area contributed by atoms with Crippen molar-refractivity contribution in [1.82, 2.24) is 9.62 Å². The monoisotopic (exact) mass is 465 g/mol. The fourth-order valence-corrected chi connectivity index (χ4v) is 5.00. The normalized spacial score (nSPS) is 15.0. The van der Waals surface area contributed by atoms with Gasteiger partial charge in [0.15, 0.2) is 0 Å². The summed E-state index contributed by atoms with van der Waals surface area (Å²) in [4.78, 5) is 25.1. The number of amides is 2. The summed E-state index contributed by atoms with van der Waals surface area (Å²) in [5.74, 6) is -0.877. The van der Waals surface area contributed by atoms with Gasteiger partial charge in [0.25, 0.3) is 11.8 Å². The first-order chi connectivity index (χ1) is 14.7. The highest BCUT2D eigenvalue weighted by molar-refractivity contribution is 7.89.